The number of aromatic nitrogens is 4. The first-order chi connectivity index (χ1) is 15.7. The molecule has 3 heterocycles. The van der Waals surface area contributed by atoms with Crippen molar-refractivity contribution in [2.45, 2.75) is 24.4 Å². The van der Waals surface area contributed by atoms with E-state index in [9.17, 15) is 4.79 Å². The molecule has 6 nitrogen and oxygen atoms in total. The molecule has 0 spiro atoms. The summed E-state index contributed by atoms with van der Waals surface area (Å²) >= 11 is 1.45. The Kier molecular flexibility index (Phi) is 5.81. The second kappa shape index (κ2) is 9.04. The molecule has 0 atom stereocenters. The van der Waals surface area contributed by atoms with Crippen molar-refractivity contribution >= 4 is 23.4 Å². The highest BCUT2D eigenvalue weighted by Crippen LogP contribution is 2.29. The van der Waals surface area contributed by atoms with Crippen LogP contribution >= 0.6 is 11.8 Å². The lowest BCUT2D eigenvalue weighted by molar-refractivity contribution is -0.116. The lowest BCUT2D eigenvalue weighted by atomic mass is 10.0. The highest BCUT2D eigenvalue weighted by molar-refractivity contribution is 7.99. The Labute approximate surface area is 191 Å². The highest BCUT2D eigenvalue weighted by atomic mass is 32.2. The van der Waals surface area contributed by atoms with Crippen molar-refractivity contribution in [3.63, 3.8) is 0 Å². The van der Waals surface area contributed by atoms with Gasteiger partial charge in [-0.25, -0.2) is 0 Å². The topological polar surface area (TPSA) is 56.0 Å². The number of para-hydroxylation sites is 2. The maximum Gasteiger partial charge on any atom is 0.237 e. The van der Waals surface area contributed by atoms with Gasteiger partial charge in [-0.1, -0.05) is 48.2 Å². The minimum atomic E-state index is 0.105. The molecular formula is C25H25N5OS. The van der Waals surface area contributed by atoms with Gasteiger partial charge in [0.1, 0.15) is 5.82 Å². The van der Waals surface area contributed by atoms with Gasteiger partial charge in [0, 0.05) is 43.3 Å². The molecule has 2 aromatic heterocycles. The lowest BCUT2D eigenvalue weighted by Crippen LogP contribution is -2.36. The molecule has 4 aromatic rings. The first-order valence-electron chi connectivity index (χ1n) is 10.8. The number of anilines is 1. The first kappa shape index (κ1) is 20.6. The number of aryl methyl sites for hydroxylation is 2. The van der Waals surface area contributed by atoms with E-state index < -0.39 is 0 Å². The standard InChI is InChI=1S/C25H25N5OS/c1-28-15-8-13-21(28)17-23-26-27-25(30(23)20-11-3-2-4-12-20)32-18-24(31)29-16-7-10-19-9-5-6-14-22(19)29/h2-6,8-9,11-15H,7,10,16-18H2,1H3. The van der Waals surface area contributed by atoms with Crippen LogP contribution in [0.25, 0.3) is 5.69 Å². The van der Waals surface area contributed by atoms with E-state index in [2.05, 4.69) is 31.5 Å². The van der Waals surface area contributed by atoms with Crippen molar-refractivity contribution in [1.29, 1.82) is 0 Å². The van der Waals surface area contributed by atoms with Gasteiger partial charge < -0.3 is 9.47 Å². The smallest absolute Gasteiger partial charge is 0.237 e. The number of nitrogens with zero attached hydrogens (tertiary/aromatic N) is 5. The van der Waals surface area contributed by atoms with Crippen LogP contribution in [-0.2, 0) is 24.7 Å². The molecule has 0 unspecified atom stereocenters. The normalized spacial score (nSPS) is 13.2. The maximum atomic E-state index is 13.1. The van der Waals surface area contributed by atoms with Crippen LogP contribution in [0.5, 0.6) is 0 Å². The number of carbonyl (C=O) groups excluding carboxylic acids is 1. The Morgan fingerprint density at radius 3 is 2.62 bits per heavy atom. The summed E-state index contributed by atoms with van der Waals surface area (Å²) in [6.45, 7) is 0.764. The third-order valence-electron chi connectivity index (χ3n) is 5.84. The molecule has 2 aromatic carbocycles. The molecule has 0 saturated heterocycles. The van der Waals surface area contributed by atoms with Gasteiger partial charge in [-0.15, -0.1) is 10.2 Å². The van der Waals surface area contributed by atoms with E-state index in [0.29, 0.717) is 12.2 Å². The van der Waals surface area contributed by atoms with Crippen LogP contribution < -0.4 is 4.90 Å². The Balaban J connectivity index is 1.39. The zero-order chi connectivity index (χ0) is 21.9. The highest BCUT2D eigenvalue weighted by Gasteiger charge is 2.23. The van der Waals surface area contributed by atoms with E-state index in [1.54, 1.807) is 0 Å². The van der Waals surface area contributed by atoms with Crippen molar-refractivity contribution in [3.8, 4) is 5.69 Å². The number of carbonyl (C=O) groups is 1. The van der Waals surface area contributed by atoms with Crippen molar-refractivity contribution < 1.29 is 4.79 Å². The number of amides is 1. The van der Waals surface area contributed by atoms with Crippen LogP contribution in [0.4, 0.5) is 5.69 Å². The number of fused-ring (bicyclic) bond motifs is 1. The SMILES string of the molecule is Cn1cccc1Cc1nnc(SCC(=O)N2CCCc3ccccc32)n1-c1ccccc1. The third kappa shape index (κ3) is 4.08. The fraction of sp³-hybridized carbons (Fsp3) is 0.240. The average Bonchev–Trinajstić information content (AvgIpc) is 3.43. The maximum absolute atomic E-state index is 13.1. The van der Waals surface area contributed by atoms with Crippen LogP contribution in [0.3, 0.4) is 0 Å². The van der Waals surface area contributed by atoms with E-state index in [1.807, 2.05) is 72.7 Å². The zero-order valence-electron chi connectivity index (χ0n) is 18.0. The molecule has 5 rings (SSSR count). The predicted molar refractivity (Wildman–Crippen MR) is 127 cm³/mol. The van der Waals surface area contributed by atoms with Crippen LogP contribution in [0.15, 0.2) is 78.1 Å². The molecule has 7 heteroatoms. The fourth-order valence-electron chi connectivity index (χ4n) is 4.18. The Morgan fingerprint density at radius 1 is 1.00 bits per heavy atom. The summed E-state index contributed by atoms with van der Waals surface area (Å²) in [5, 5.41) is 9.68. The molecule has 0 fully saturated rings. The largest absolute Gasteiger partial charge is 0.354 e. The van der Waals surface area contributed by atoms with Gasteiger partial charge in [-0.3, -0.25) is 9.36 Å². The van der Waals surface area contributed by atoms with Gasteiger partial charge in [0.25, 0.3) is 0 Å². The van der Waals surface area contributed by atoms with Crippen molar-refractivity contribution in [3.05, 3.63) is 90.0 Å². The molecule has 32 heavy (non-hydrogen) atoms. The van der Waals surface area contributed by atoms with Crippen LogP contribution in [-0.4, -0.2) is 37.5 Å². The van der Waals surface area contributed by atoms with E-state index in [-0.39, 0.29) is 5.91 Å². The summed E-state index contributed by atoms with van der Waals surface area (Å²) in [7, 11) is 2.03. The van der Waals surface area contributed by atoms with Crippen molar-refractivity contribution in [2.24, 2.45) is 7.05 Å². The molecule has 1 amide bonds. The lowest BCUT2D eigenvalue weighted by Gasteiger charge is -2.29. The summed E-state index contributed by atoms with van der Waals surface area (Å²) in [5.74, 6) is 1.29. The van der Waals surface area contributed by atoms with Crippen molar-refractivity contribution in [2.75, 3.05) is 17.2 Å². The summed E-state index contributed by atoms with van der Waals surface area (Å²) in [6.07, 6.45) is 4.72. The minimum Gasteiger partial charge on any atom is -0.354 e. The third-order valence-corrected chi connectivity index (χ3v) is 6.76. The molecule has 0 aliphatic carbocycles. The minimum absolute atomic E-state index is 0.105. The number of hydrogen-bond donors (Lipinski definition) is 0. The first-order valence-corrected chi connectivity index (χ1v) is 11.8. The summed E-state index contributed by atoms with van der Waals surface area (Å²) in [5.41, 5.74) is 4.44. The van der Waals surface area contributed by atoms with Crippen LogP contribution in [0, 0.1) is 0 Å². The number of rotatable bonds is 6. The summed E-state index contributed by atoms with van der Waals surface area (Å²) in [6, 6.07) is 22.4. The van der Waals surface area contributed by atoms with E-state index in [0.717, 1.165) is 47.4 Å². The van der Waals surface area contributed by atoms with Crippen LogP contribution in [0.2, 0.25) is 0 Å². The monoisotopic (exact) mass is 443 g/mol. The molecule has 1 aliphatic rings. The Bertz CT molecular complexity index is 1230. The molecule has 0 N–H and O–H groups in total. The summed E-state index contributed by atoms with van der Waals surface area (Å²) in [4.78, 5) is 15.1. The van der Waals surface area contributed by atoms with Crippen LogP contribution in [0.1, 0.15) is 23.5 Å². The molecule has 0 bridgehead atoms. The van der Waals surface area contributed by atoms with Crippen molar-refractivity contribution in [1.82, 2.24) is 19.3 Å². The Morgan fingerprint density at radius 2 is 1.81 bits per heavy atom. The molecule has 162 valence electrons. The number of thioether (sulfide) groups is 1. The van der Waals surface area contributed by atoms with Gasteiger partial charge in [0.15, 0.2) is 5.16 Å². The summed E-state index contributed by atoms with van der Waals surface area (Å²) < 4.78 is 4.16. The number of benzene rings is 2. The quantitative estimate of drug-likeness (QED) is 0.418. The van der Waals surface area contributed by atoms with E-state index in [1.165, 1.54) is 17.3 Å². The van der Waals surface area contributed by atoms with Gasteiger partial charge in [-0.05, 0) is 48.7 Å². The van der Waals surface area contributed by atoms with E-state index >= 15 is 0 Å². The van der Waals surface area contributed by atoms with Gasteiger partial charge in [0.05, 0.1) is 5.75 Å². The molecular weight excluding hydrogens is 418 g/mol. The van der Waals surface area contributed by atoms with Gasteiger partial charge >= 0.3 is 0 Å². The Hall–Kier alpha value is -3.32. The number of hydrogen-bond acceptors (Lipinski definition) is 4. The van der Waals surface area contributed by atoms with E-state index in [4.69, 9.17) is 0 Å². The second-order valence-corrected chi connectivity index (χ2v) is 8.87. The molecule has 0 radical (unpaired) electrons. The molecule has 0 saturated carbocycles. The second-order valence-electron chi connectivity index (χ2n) is 7.92. The zero-order valence-corrected chi connectivity index (χ0v) is 18.8. The van der Waals surface area contributed by atoms with Gasteiger partial charge in [0.2, 0.25) is 5.91 Å². The average molecular weight is 444 g/mol. The fourth-order valence-corrected chi connectivity index (χ4v) is 5.03. The molecule has 1 aliphatic heterocycles. The van der Waals surface area contributed by atoms with Gasteiger partial charge in [-0.2, -0.15) is 0 Å². The predicted octanol–water partition coefficient (Wildman–Crippen LogP) is 4.27.